The van der Waals surface area contributed by atoms with Crippen molar-refractivity contribution in [2.45, 2.75) is 33.2 Å². The molecular formula is C15H24N2O. The van der Waals surface area contributed by atoms with E-state index in [0.29, 0.717) is 12.5 Å². The van der Waals surface area contributed by atoms with Crippen molar-refractivity contribution in [3.63, 3.8) is 0 Å². The molecule has 0 unspecified atom stereocenters. The fourth-order valence-corrected chi connectivity index (χ4v) is 1.89. The van der Waals surface area contributed by atoms with Crippen LogP contribution in [0.1, 0.15) is 42.6 Å². The van der Waals surface area contributed by atoms with Crippen molar-refractivity contribution >= 4 is 5.91 Å². The molecule has 0 spiro atoms. The topological polar surface area (TPSA) is 46.3 Å². The van der Waals surface area contributed by atoms with Gasteiger partial charge in [0.05, 0.1) is 0 Å². The van der Waals surface area contributed by atoms with Crippen LogP contribution in [-0.4, -0.2) is 24.4 Å². The minimum atomic E-state index is 0.0778. The highest BCUT2D eigenvalue weighted by Gasteiger charge is 2.11. The van der Waals surface area contributed by atoms with Gasteiger partial charge in [0.2, 0.25) is 0 Å². The maximum atomic E-state index is 12.2. The van der Waals surface area contributed by atoms with Crippen LogP contribution in [0.3, 0.4) is 0 Å². The van der Waals surface area contributed by atoms with E-state index in [-0.39, 0.29) is 5.91 Å². The van der Waals surface area contributed by atoms with Crippen LogP contribution in [0.2, 0.25) is 0 Å². The Bertz CT molecular complexity index is 388. The Labute approximate surface area is 110 Å². The lowest BCUT2D eigenvalue weighted by molar-refractivity contribution is 0.0791. The van der Waals surface area contributed by atoms with E-state index < -0.39 is 0 Å². The van der Waals surface area contributed by atoms with Gasteiger partial charge in [-0.05, 0) is 36.5 Å². The average molecular weight is 248 g/mol. The summed E-state index contributed by atoms with van der Waals surface area (Å²) in [4.78, 5) is 14.0. The van der Waals surface area contributed by atoms with E-state index in [1.165, 1.54) is 0 Å². The first-order valence-electron chi connectivity index (χ1n) is 6.59. The summed E-state index contributed by atoms with van der Waals surface area (Å²) in [6, 6.07) is 7.55. The van der Waals surface area contributed by atoms with E-state index in [1.54, 1.807) is 4.90 Å². The van der Waals surface area contributed by atoms with Gasteiger partial charge in [0.15, 0.2) is 0 Å². The molecule has 0 aliphatic rings. The number of carbonyl (C=O) groups is 1. The van der Waals surface area contributed by atoms with Crippen LogP contribution in [0.15, 0.2) is 24.3 Å². The normalized spacial score (nSPS) is 10.7. The first kappa shape index (κ1) is 14.7. The van der Waals surface area contributed by atoms with Gasteiger partial charge in [-0.25, -0.2) is 0 Å². The van der Waals surface area contributed by atoms with E-state index >= 15 is 0 Å². The van der Waals surface area contributed by atoms with Crippen LogP contribution in [0.5, 0.6) is 0 Å². The minimum absolute atomic E-state index is 0.0778. The largest absolute Gasteiger partial charge is 0.342 e. The number of nitrogens with zero attached hydrogens (tertiary/aromatic N) is 1. The monoisotopic (exact) mass is 248 g/mol. The van der Waals surface area contributed by atoms with Gasteiger partial charge in [0.1, 0.15) is 0 Å². The molecule has 0 aliphatic heterocycles. The number of rotatable bonds is 6. The lowest BCUT2D eigenvalue weighted by atomic mass is 10.1. The second kappa shape index (κ2) is 7.17. The Kier molecular flexibility index (Phi) is 5.86. The van der Waals surface area contributed by atoms with E-state index in [1.807, 2.05) is 31.3 Å². The van der Waals surface area contributed by atoms with Crippen molar-refractivity contribution in [2.75, 3.05) is 13.6 Å². The lowest BCUT2D eigenvalue weighted by Crippen LogP contribution is -2.28. The molecule has 0 radical (unpaired) electrons. The molecule has 0 aromatic heterocycles. The summed E-state index contributed by atoms with van der Waals surface area (Å²) < 4.78 is 0. The Morgan fingerprint density at radius 2 is 2.11 bits per heavy atom. The van der Waals surface area contributed by atoms with Crippen LogP contribution in [-0.2, 0) is 6.54 Å². The molecule has 0 heterocycles. The maximum absolute atomic E-state index is 12.2. The van der Waals surface area contributed by atoms with Crippen LogP contribution in [0.4, 0.5) is 0 Å². The van der Waals surface area contributed by atoms with Gasteiger partial charge in [-0.1, -0.05) is 26.0 Å². The standard InChI is InChI=1S/C15H24N2O/c1-12(2)6-5-9-17(3)15(18)14-8-4-7-13(10-14)11-16/h4,7-8,10,12H,5-6,9,11,16H2,1-3H3. The fourth-order valence-electron chi connectivity index (χ4n) is 1.89. The third-order valence-corrected chi connectivity index (χ3v) is 3.03. The van der Waals surface area contributed by atoms with Gasteiger partial charge in [-0.3, -0.25) is 4.79 Å². The highest BCUT2D eigenvalue weighted by molar-refractivity contribution is 5.94. The van der Waals surface area contributed by atoms with Gasteiger partial charge < -0.3 is 10.6 Å². The third-order valence-electron chi connectivity index (χ3n) is 3.03. The Balaban J connectivity index is 2.56. The molecule has 0 saturated carbocycles. The predicted octanol–water partition coefficient (Wildman–Crippen LogP) is 2.65. The molecule has 100 valence electrons. The highest BCUT2D eigenvalue weighted by atomic mass is 16.2. The van der Waals surface area contributed by atoms with E-state index in [2.05, 4.69) is 13.8 Å². The van der Waals surface area contributed by atoms with E-state index in [9.17, 15) is 4.79 Å². The fraction of sp³-hybridized carbons (Fsp3) is 0.533. The molecule has 3 nitrogen and oxygen atoms in total. The Morgan fingerprint density at radius 1 is 1.39 bits per heavy atom. The quantitative estimate of drug-likeness (QED) is 0.841. The summed E-state index contributed by atoms with van der Waals surface area (Å²) in [5.74, 6) is 0.767. The molecule has 0 atom stereocenters. The molecule has 1 rings (SSSR count). The lowest BCUT2D eigenvalue weighted by Gasteiger charge is -2.18. The zero-order valence-corrected chi connectivity index (χ0v) is 11.6. The zero-order chi connectivity index (χ0) is 13.5. The molecule has 0 bridgehead atoms. The first-order valence-corrected chi connectivity index (χ1v) is 6.59. The molecule has 0 aliphatic carbocycles. The first-order chi connectivity index (χ1) is 8.54. The third kappa shape index (κ3) is 4.49. The highest BCUT2D eigenvalue weighted by Crippen LogP contribution is 2.09. The average Bonchev–Trinajstić information content (AvgIpc) is 2.37. The van der Waals surface area contributed by atoms with Gasteiger partial charge in [-0.2, -0.15) is 0 Å². The Morgan fingerprint density at radius 3 is 2.72 bits per heavy atom. The number of hydrogen-bond acceptors (Lipinski definition) is 2. The van der Waals surface area contributed by atoms with Gasteiger partial charge in [-0.15, -0.1) is 0 Å². The second-order valence-corrected chi connectivity index (χ2v) is 5.17. The van der Waals surface area contributed by atoms with Gasteiger partial charge in [0.25, 0.3) is 5.91 Å². The number of amides is 1. The molecule has 1 aromatic rings. The summed E-state index contributed by atoms with van der Waals surface area (Å²) in [5, 5.41) is 0. The summed E-state index contributed by atoms with van der Waals surface area (Å²) in [5.41, 5.74) is 7.31. The summed E-state index contributed by atoms with van der Waals surface area (Å²) in [6.07, 6.45) is 2.21. The zero-order valence-electron chi connectivity index (χ0n) is 11.6. The molecule has 1 aromatic carbocycles. The van der Waals surface area contributed by atoms with Crippen molar-refractivity contribution in [3.8, 4) is 0 Å². The maximum Gasteiger partial charge on any atom is 0.253 e. The van der Waals surface area contributed by atoms with Crippen LogP contribution in [0, 0.1) is 5.92 Å². The molecule has 3 heteroatoms. The number of hydrogen-bond donors (Lipinski definition) is 1. The van der Waals surface area contributed by atoms with Crippen LogP contribution < -0.4 is 5.73 Å². The molecule has 1 amide bonds. The van der Waals surface area contributed by atoms with E-state index in [4.69, 9.17) is 5.73 Å². The number of benzene rings is 1. The number of carbonyl (C=O) groups excluding carboxylic acids is 1. The Hall–Kier alpha value is -1.35. The van der Waals surface area contributed by atoms with Crippen molar-refractivity contribution in [2.24, 2.45) is 11.7 Å². The molecule has 18 heavy (non-hydrogen) atoms. The summed E-state index contributed by atoms with van der Waals surface area (Å²) in [6.45, 7) is 5.68. The van der Waals surface area contributed by atoms with Crippen LogP contribution >= 0.6 is 0 Å². The van der Waals surface area contributed by atoms with Crippen molar-refractivity contribution in [3.05, 3.63) is 35.4 Å². The molecule has 2 N–H and O–H groups in total. The minimum Gasteiger partial charge on any atom is -0.342 e. The van der Waals surface area contributed by atoms with Crippen molar-refractivity contribution in [1.82, 2.24) is 4.90 Å². The molecule has 0 fully saturated rings. The van der Waals surface area contributed by atoms with Crippen LogP contribution in [0.25, 0.3) is 0 Å². The number of nitrogens with two attached hydrogens (primary N) is 1. The van der Waals surface area contributed by atoms with E-state index in [0.717, 1.165) is 30.5 Å². The summed E-state index contributed by atoms with van der Waals surface area (Å²) >= 11 is 0. The van der Waals surface area contributed by atoms with Crippen molar-refractivity contribution in [1.29, 1.82) is 0 Å². The summed E-state index contributed by atoms with van der Waals surface area (Å²) in [7, 11) is 1.86. The smallest absolute Gasteiger partial charge is 0.253 e. The van der Waals surface area contributed by atoms with Gasteiger partial charge >= 0.3 is 0 Å². The predicted molar refractivity (Wildman–Crippen MR) is 75.4 cm³/mol. The van der Waals surface area contributed by atoms with Gasteiger partial charge in [0, 0.05) is 25.7 Å². The molecule has 0 saturated heterocycles. The second-order valence-electron chi connectivity index (χ2n) is 5.17. The SMILES string of the molecule is CC(C)CCCN(C)C(=O)c1cccc(CN)c1. The molecular weight excluding hydrogens is 224 g/mol. The van der Waals surface area contributed by atoms with Crippen molar-refractivity contribution < 1.29 is 4.79 Å².